The van der Waals surface area contributed by atoms with Crippen LogP contribution in [0.2, 0.25) is 5.02 Å². The zero-order valence-corrected chi connectivity index (χ0v) is 17.1. The Labute approximate surface area is 176 Å². The summed E-state index contributed by atoms with van der Waals surface area (Å²) in [6, 6.07) is 22.9. The van der Waals surface area contributed by atoms with E-state index in [0.717, 1.165) is 41.6 Å². The molecule has 0 radical (unpaired) electrons. The summed E-state index contributed by atoms with van der Waals surface area (Å²) in [6.45, 7) is 3.23. The molecule has 0 spiro atoms. The van der Waals surface area contributed by atoms with Crippen molar-refractivity contribution in [2.45, 2.75) is 25.8 Å². The highest BCUT2D eigenvalue weighted by Crippen LogP contribution is 2.29. The van der Waals surface area contributed by atoms with Crippen LogP contribution in [0, 0.1) is 0 Å². The van der Waals surface area contributed by atoms with Gasteiger partial charge in [-0.1, -0.05) is 60.5 Å². The van der Waals surface area contributed by atoms with Crippen LogP contribution in [0.3, 0.4) is 0 Å². The second-order valence-corrected chi connectivity index (χ2v) is 8.20. The van der Waals surface area contributed by atoms with Crippen molar-refractivity contribution in [3.63, 3.8) is 0 Å². The largest absolute Gasteiger partial charge is 0.301 e. The van der Waals surface area contributed by atoms with Crippen LogP contribution in [0.15, 0.2) is 72.9 Å². The Bertz CT molecular complexity index is 1110. The van der Waals surface area contributed by atoms with E-state index in [9.17, 15) is 0 Å². The van der Waals surface area contributed by atoms with Gasteiger partial charge in [-0.15, -0.1) is 0 Å². The lowest BCUT2D eigenvalue weighted by Crippen LogP contribution is -2.29. The average molecular weight is 402 g/mol. The molecule has 4 aromatic rings. The molecule has 3 nitrogen and oxygen atoms in total. The summed E-state index contributed by atoms with van der Waals surface area (Å²) in [5.74, 6) is 0. The molecule has 0 amide bonds. The first-order chi connectivity index (χ1) is 14.3. The topological polar surface area (TPSA) is 20.5 Å². The molecule has 1 fully saturated rings. The fourth-order valence-corrected chi connectivity index (χ4v) is 4.34. The Morgan fingerprint density at radius 2 is 1.48 bits per heavy atom. The maximum absolute atomic E-state index is 6.13. The molecule has 1 aliphatic heterocycles. The van der Waals surface area contributed by atoms with Crippen molar-refractivity contribution in [3.05, 3.63) is 83.6 Å². The van der Waals surface area contributed by atoms with Crippen molar-refractivity contribution < 1.29 is 0 Å². The number of benzene rings is 2. The second-order valence-electron chi connectivity index (χ2n) is 7.76. The van der Waals surface area contributed by atoms with E-state index >= 15 is 0 Å². The van der Waals surface area contributed by atoms with E-state index in [4.69, 9.17) is 16.6 Å². The molecule has 0 atom stereocenters. The van der Waals surface area contributed by atoms with Gasteiger partial charge in [0.05, 0.1) is 11.4 Å². The number of hydrogen-bond donors (Lipinski definition) is 0. The minimum Gasteiger partial charge on any atom is -0.301 e. The predicted molar refractivity (Wildman–Crippen MR) is 120 cm³/mol. The summed E-state index contributed by atoms with van der Waals surface area (Å²) >= 11 is 6.13. The summed E-state index contributed by atoms with van der Waals surface area (Å²) in [4.78, 5) is 7.56. The van der Waals surface area contributed by atoms with Crippen molar-refractivity contribution in [1.29, 1.82) is 0 Å². The summed E-state index contributed by atoms with van der Waals surface area (Å²) in [6.07, 6.45) is 6.13. The molecule has 1 aliphatic rings. The molecule has 3 heterocycles. The van der Waals surface area contributed by atoms with Gasteiger partial charge in [0.1, 0.15) is 5.65 Å². The standard InChI is InChI=1S/C25H24ClN3/c26-22-12-9-20(10-13-22)25-23(18-28-15-5-2-6-16-28)29-17-21(11-14-24(29)27-25)19-7-3-1-4-8-19/h1,3-4,7-14,17H,2,5-6,15-16,18H2. The third kappa shape index (κ3) is 3.81. The molecule has 5 rings (SSSR count). The molecule has 2 aromatic heterocycles. The van der Waals surface area contributed by atoms with E-state index in [1.807, 2.05) is 12.1 Å². The van der Waals surface area contributed by atoms with Gasteiger partial charge in [0.15, 0.2) is 0 Å². The van der Waals surface area contributed by atoms with Crippen LogP contribution in [-0.4, -0.2) is 27.4 Å². The zero-order valence-electron chi connectivity index (χ0n) is 16.4. The lowest BCUT2D eigenvalue weighted by molar-refractivity contribution is 0.218. The monoisotopic (exact) mass is 401 g/mol. The molecule has 29 heavy (non-hydrogen) atoms. The van der Waals surface area contributed by atoms with Gasteiger partial charge < -0.3 is 4.40 Å². The van der Waals surface area contributed by atoms with Gasteiger partial charge in [-0.3, -0.25) is 4.90 Å². The molecule has 146 valence electrons. The van der Waals surface area contributed by atoms with Gasteiger partial charge in [0, 0.05) is 23.3 Å². The van der Waals surface area contributed by atoms with Crippen LogP contribution in [0.5, 0.6) is 0 Å². The van der Waals surface area contributed by atoms with E-state index in [2.05, 4.69) is 70.1 Å². The van der Waals surface area contributed by atoms with E-state index in [1.165, 1.54) is 36.1 Å². The Morgan fingerprint density at radius 1 is 0.759 bits per heavy atom. The Balaban J connectivity index is 1.64. The van der Waals surface area contributed by atoms with Crippen LogP contribution in [0.1, 0.15) is 25.0 Å². The summed E-state index contributed by atoms with van der Waals surface area (Å²) in [5, 5.41) is 0.751. The van der Waals surface area contributed by atoms with Gasteiger partial charge >= 0.3 is 0 Å². The zero-order chi connectivity index (χ0) is 19.6. The van der Waals surface area contributed by atoms with E-state index < -0.39 is 0 Å². The van der Waals surface area contributed by atoms with E-state index in [-0.39, 0.29) is 0 Å². The number of rotatable bonds is 4. The number of halogens is 1. The first-order valence-corrected chi connectivity index (χ1v) is 10.7. The van der Waals surface area contributed by atoms with Crippen LogP contribution in [0.4, 0.5) is 0 Å². The quantitative estimate of drug-likeness (QED) is 0.399. The fourth-order valence-electron chi connectivity index (χ4n) is 4.21. The summed E-state index contributed by atoms with van der Waals surface area (Å²) in [5.41, 5.74) is 6.84. The Kier molecular flexibility index (Phi) is 5.09. The molecular formula is C25H24ClN3. The number of likely N-dealkylation sites (tertiary alicyclic amines) is 1. The minimum atomic E-state index is 0.751. The fraction of sp³-hybridized carbons (Fsp3) is 0.240. The first kappa shape index (κ1) is 18.4. The van der Waals surface area contributed by atoms with Gasteiger partial charge in [0.25, 0.3) is 0 Å². The van der Waals surface area contributed by atoms with Crippen LogP contribution in [0.25, 0.3) is 28.0 Å². The minimum absolute atomic E-state index is 0.751. The SMILES string of the molecule is Clc1ccc(-c2nc3ccc(-c4ccccc4)cn3c2CN2CCCCC2)cc1. The third-order valence-electron chi connectivity index (χ3n) is 5.76. The molecule has 4 heteroatoms. The summed E-state index contributed by atoms with van der Waals surface area (Å²) in [7, 11) is 0. The lowest BCUT2D eigenvalue weighted by Gasteiger charge is -2.26. The molecule has 1 saturated heterocycles. The molecule has 0 N–H and O–H groups in total. The number of fused-ring (bicyclic) bond motifs is 1. The van der Waals surface area contributed by atoms with Crippen LogP contribution in [-0.2, 0) is 6.54 Å². The number of aromatic nitrogens is 2. The molecule has 0 unspecified atom stereocenters. The molecule has 0 bridgehead atoms. The smallest absolute Gasteiger partial charge is 0.137 e. The van der Waals surface area contributed by atoms with Gasteiger partial charge in [-0.05, 0) is 61.3 Å². The van der Waals surface area contributed by atoms with Crippen LogP contribution >= 0.6 is 11.6 Å². The highest BCUT2D eigenvalue weighted by Gasteiger charge is 2.19. The van der Waals surface area contributed by atoms with E-state index in [1.54, 1.807) is 0 Å². The van der Waals surface area contributed by atoms with Gasteiger partial charge in [0.2, 0.25) is 0 Å². The highest BCUT2D eigenvalue weighted by molar-refractivity contribution is 6.30. The third-order valence-corrected chi connectivity index (χ3v) is 6.02. The highest BCUT2D eigenvalue weighted by atomic mass is 35.5. The first-order valence-electron chi connectivity index (χ1n) is 10.3. The maximum atomic E-state index is 6.13. The normalized spacial score (nSPS) is 15.1. The van der Waals surface area contributed by atoms with Gasteiger partial charge in [-0.2, -0.15) is 0 Å². The van der Waals surface area contributed by atoms with Crippen molar-refractivity contribution in [3.8, 4) is 22.4 Å². The molecular weight excluding hydrogens is 378 g/mol. The predicted octanol–water partition coefficient (Wildman–Crippen LogP) is 6.31. The van der Waals surface area contributed by atoms with Crippen molar-refractivity contribution in [2.75, 3.05) is 13.1 Å². The number of hydrogen-bond acceptors (Lipinski definition) is 2. The number of pyridine rings is 1. The average Bonchev–Trinajstić information content (AvgIpc) is 3.13. The second kappa shape index (κ2) is 8.02. The van der Waals surface area contributed by atoms with E-state index in [0.29, 0.717) is 0 Å². The maximum Gasteiger partial charge on any atom is 0.137 e. The molecule has 0 aliphatic carbocycles. The molecule has 2 aromatic carbocycles. The van der Waals surface area contributed by atoms with Crippen molar-refractivity contribution in [2.24, 2.45) is 0 Å². The number of imidazole rings is 1. The Morgan fingerprint density at radius 3 is 2.24 bits per heavy atom. The van der Waals surface area contributed by atoms with Crippen molar-refractivity contribution >= 4 is 17.2 Å². The van der Waals surface area contributed by atoms with Crippen LogP contribution < -0.4 is 0 Å². The molecule has 0 saturated carbocycles. The van der Waals surface area contributed by atoms with Crippen molar-refractivity contribution in [1.82, 2.24) is 14.3 Å². The number of nitrogens with zero attached hydrogens (tertiary/aromatic N) is 3. The number of piperidine rings is 1. The summed E-state index contributed by atoms with van der Waals surface area (Å²) < 4.78 is 2.28. The Hall–Kier alpha value is -2.62. The lowest BCUT2D eigenvalue weighted by atomic mass is 10.1. The van der Waals surface area contributed by atoms with Gasteiger partial charge in [-0.25, -0.2) is 4.98 Å².